The Balaban J connectivity index is 2.81. The minimum absolute atomic E-state index is 0.249. The molecular formula is C14H16O4. The highest BCUT2D eigenvalue weighted by Crippen LogP contribution is 2.14. The van der Waals surface area contributed by atoms with Crippen LogP contribution in [0.2, 0.25) is 0 Å². The predicted molar refractivity (Wildman–Crippen MR) is 68.2 cm³/mol. The molecule has 0 fully saturated rings. The lowest BCUT2D eigenvalue weighted by molar-refractivity contribution is -0.140. The molecule has 0 atom stereocenters. The van der Waals surface area contributed by atoms with Crippen LogP contribution in [-0.4, -0.2) is 24.2 Å². The monoisotopic (exact) mass is 248 g/mol. The van der Waals surface area contributed by atoms with Crippen LogP contribution >= 0.6 is 0 Å². The number of carbonyl (C=O) groups is 2. The molecule has 1 N–H and O–H groups in total. The second-order valence-electron chi connectivity index (χ2n) is 3.93. The number of hydrogen-bond donors (Lipinski definition) is 1. The molecule has 1 aromatic rings. The van der Waals surface area contributed by atoms with Crippen molar-refractivity contribution >= 4 is 18.0 Å². The summed E-state index contributed by atoms with van der Waals surface area (Å²) in [6.45, 7) is 1.96. The lowest BCUT2D eigenvalue weighted by Crippen LogP contribution is -2.03. The van der Waals surface area contributed by atoms with Gasteiger partial charge in [-0.15, -0.1) is 0 Å². The van der Waals surface area contributed by atoms with Crippen LogP contribution in [0.3, 0.4) is 0 Å². The molecule has 0 aromatic heterocycles. The summed E-state index contributed by atoms with van der Waals surface area (Å²) in [5.74, 6) is -1.23. The van der Waals surface area contributed by atoms with Crippen molar-refractivity contribution < 1.29 is 19.4 Å². The van der Waals surface area contributed by atoms with Gasteiger partial charge in [0.05, 0.1) is 7.11 Å². The topological polar surface area (TPSA) is 63.6 Å². The van der Waals surface area contributed by atoms with Crippen LogP contribution in [0.4, 0.5) is 0 Å². The molecule has 0 amide bonds. The van der Waals surface area contributed by atoms with Crippen molar-refractivity contribution in [3.8, 4) is 0 Å². The number of hydrogen-bond acceptors (Lipinski definition) is 3. The Morgan fingerprint density at radius 2 is 2.11 bits per heavy atom. The normalized spacial score (nSPS) is 10.6. The summed E-state index contributed by atoms with van der Waals surface area (Å²) in [7, 11) is 1.36. The number of aliphatic carboxylic acids is 1. The summed E-state index contributed by atoms with van der Waals surface area (Å²) in [6.07, 6.45) is 3.54. The Kier molecular flexibility index (Phi) is 5.11. The van der Waals surface area contributed by atoms with Gasteiger partial charge in [-0.25, -0.2) is 4.79 Å². The van der Waals surface area contributed by atoms with Gasteiger partial charge in [0.15, 0.2) is 0 Å². The van der Waals surface area contributed by atoms with Gasteiger partial charge in [0, 0.05) is 12.5 Å². The van der Waals surface area contributed by atoms with Gasteiger partial charge >= 0.3 is 11.9 Å². The van der Waals surface area contributed by atoms with Crippen molar-refractivity contribution in [2.45, 2.75) is 19.8 Å². The lowest BCUT2D eigenvalue weighted by atomic mass is 10.0. The number of ether oxygens (including phenoxy) is 1. The zero-order chi connectivity index (χ0) is 13.5. The highest BCUT2D eigenvalue weighted by Gasteiger charge is 2.04. The first-order valence-corrected chi connectivity index (χ1v) is 5.60. The van der Waals surface area contributed by atoms with E-state index in [1.165, 1.54) is 13.2 Å². The average Bonchev–Trinajstić information content (AvgIpc) is 2.35. The highest BCUT2D eigenvalue weighted by molar-refractivity contribution is 5.85. The zero-order valence-electron chi connectivity index (χ0n) is 10.5. The minimum atomic E-state index is -0.980. The molecule has 0 bridgehead atoms. The molecule has 0 unspecified atom stereocenters. The van der Waals surface area contributed by atoms with Crippen LogP contribution in [0, 0.1) is 6.92 Å². The number of benzene rings is 1. The smallest absolute Gasteiger partial charge is 0.328 e. The Morgan fingerprint density at radius 1 is 1.39 bits per heavy atom. The number of aryl methyl sites for hydroxylation is 2. The van der Waals surface area contributed by atoms with E-state index < -0.39 is 5.97 Å². The molecule has 4 heteroatoms. The van der Waals surface area contributed by atoms with Crippen LogP contribution in [0.25, 0.3) is 6.08 Å². The van der Waals surface area contributed by atoms with Crippen molar-refractivity contribution in [2.24, 2.45) is 0 Å². The molecule has 0 saturated heterocycles. The van der Waals surface area contributed by atoms with E-state index in [0.717, 1.165) is 22.8 Å². The Labute approximate surface area is 106 Å². The standard InChI is InChI=1S/C14H16O4/c1-10-3-4-11(5-7-13(15)16)9-12(10)6-8-14(17)18-2/h3-5,7,9H,6,8H2,1-2H3,(H,15,16)/b7-5+. The number of methoxy groups -OCH3 is 1. The van der Waals surface area contributed by atoms with E-state index >= 15 is 0 Å². The van der Waals surface area contributed by atoms with E-state index in [1.807, 2.05) is 25.1 Å². The Hall–Kier alpha value is -2.10. The number of carboxylic acid groups (broad SMARTS) is 1. The van der Waals surface area contributed by atoms with E-state index in [9.17, 15) is 9.59 Å². The molecular weight excluding hydrogens is 232 g/mol. The van der Waals surface area contributed by atoms with Gasteiger partial charge in [0.2, 0.25) is 0 Å². The number of rotatable bonds is 5. The number of carbonyl (C=O) groups excluding carboxylic acids is 1. The molecule has 18 heavy (non-hydrogen) atoms. The summed E-state index contributed by atoms with van der Waals surface area (Å²) in [5.41, 5.74) is 2.90. The molecule has 1 aromatic carbocycles. The number of esters is 1. The average molecular weight is 248 g/mol. The number of carboxylic acids is 1. The lowest BCUT2D eigenvalue weighted by Gasteiger charge is -2.06. The summed E-state index contributed by atoms with van der Waals surface area (Å²) in [4.78, 5) is 21.5. The maximum absolute atomic E-state index is 11.1. The second-order valence-corrected chi connectivity index (χ2v) is 3.93. The van der Waals surface area contributed by atoms with Crippen molar-refractivity contribution in [3.05, 3.63) is 41.0 Å². The van der Waals surface area contributed by atoms with Crippen molar-refractivity contribution in [1.29, 1.82) is 0 Å². The third-order valence-electron chi connectivity index (χ3n) is 2.62. The van der Waals surface area contributed by atoms with Crippen LogP contribution < -0.4 is 0 Å². The van der Waals surface area contributed by atoms with Crippen LogP contribution in [0.1, 0.15) is 23.1 Å². The fourth-order valence-corrected chi connectivity index (χ4v) is 1.57. The molecule has 0 aliphatic heterocycles. The van der Waals surface area contributed by atoms with Gasteiger partial charge in [-0.3, -0.25) is 4.79 Å². The van der Waals surface area contributed by atoms with Gasteiger partial charge in [-0.05, 0) is 36.1 Å². The van der Waals surface area contributed by atoms with Crippen LogP contribution in [0.5, 0.6) is 0 Å². The molecule has 0 radical (unpaired) electrons. The van der Waals surface area contributed by atoms with Gasteiger partial charge in [0.1, 0.15) is 0 Å². The molecule has 0 aliphatic carbocycles. The van der Waals surface area contributed by atoms with Gasteiger partial charge < -0.3 is 9.84 Å². The van der Waals surface area contributed by atoms with Gasteiger partial charge in [-0.2, -0.15) is 0 Å². The van der Waals surface area contributed by atoms with Gasteiger partial charge in [0.25, 0.3) is 0 Å². The molecule has 0 saturated carbocycles. The largest absolute Gasteiger partial charge is 0.478 e. The van der Waals surface area contributed by atoms with E-state index in [0.29, 0.717) is 12.8 Å². The zero-order valence-corrected chi connectivity index (χ0v) is 10.5. The first kappa shape index (κ1) is 14.0. The van der Waals surface area contributed by atoms with Crippen LogP contribution in [0.15, 0.2) is 24.3 Å². The van der Waals surface area contributed by atoms with Crippen LogP contribution in [-0.2, 0) is 20.7 Å². The molecule has 0 spiro atoms. The molecule has 0 heterocycles. The third-order valence-corrected chi connectivity index (χ3v) is 2.62. The van der Waals surface area contributed by atoms with Gasteiger partial charge in [-0.1, -0.05) is 18.2 Å². The maximum Gasteiger partial charge on any atom is 0.328 e. The maximum atomic E-state index is 11.1. The van der Waals surface area contributed by atoms with E-state index in [2.05, 4.69) is 4.74 Å². The highest BCUT2D eigenvalue weighted by atomic mass is 16.5. The quantitative estimate of drug-likeness (QED) is 0.641. The summed E-state index contributed by atoms with van der Waals surface area (Å²) >= 11 is 0. The molecule has 4 nitrogen and oxygen atoms in total. The second kappa shape index (κ2) is 6.59. The Morgan fingerprint density at radius 3 is 2.72 bits per heavy atom. The fourth-order valence-electron chi connectivity index (χ4n) is 1.57. The fraction of sp³-hybridized carbons (Fsp3) is 0.286. The van der Waals surface area contributed by atoms with Crippen molar-refractivity contribution in [2.75, 3.05) is 7.11 Å². The summed E-state index contributed by atoms with van der Waals surface area (Å²) in [6, 6.07) is 5.64. The SMILES string of the molecule is COC(=O)CCc1cc(/C=C/C(=O)O)ccc1C. The molecule has 96 valence electrons. The summed E-state index contributed by atoms with van der Waals surface area (Å²) in [5, 5.41) is 8.56. The van der Waals surface area contributed by atoms with E-state index in [-0.39, 0.29) is 5.97 Å². The van der Waals surface area contributed by atoms with Crippen molar-refractivity contribution in [3.63, 3.8) is 0 Å². The predicted octanol–water partition coefficient (Wildman–Crippen LogP) is 2.20. The van der Waals surface area contributed by atoms with E-state index in [1.54, 1.807) is 0 Å². The minimum Gasteiger partial charge on any atom is -0.478 e. The third kappa shape index (κ3) is 4.41. The molecule has 1 rings (SSSR count). The van der Waals surface area contributed by atoms with Crippen molar-refractivity contribution in [1.82, 2.24) is 0 Å². The van der Waals surface area contributed by atoms with E-state index in [4.69, 9.17) is 5.11 Å². The Bertz CT molecular complexity index is 475. The first-order valence-electron chi connectivity index (χ1n) is 5.60. The summed E-state index contributed by atoms with van der Waals surface area (Å²) < 4.78 is 4.59. The first-order chi connectivity index (χ1) is 8.52. The molecule has 0 aliphatic rings.